The third kappa shape index (κ3) is 5.90. The fourth-order valence-electron chi connectivity index (χ4n) is 1.60. The van der Waals surface area contributed by atoms with Gasteiger partial charge >= 0.3 is 12.4 Å². The van der Waals surface area contributed by atoms with Gasteiger partial charge in [-0.2, -0.15) is 0 Å². The highest BCUT2D eigenvalue weighted by Gasteiger charge is 2.31. The number of alkyl halides is 3. The fraction of sp³-hybridized carbons (Fsp3) is 0.385. The van der Waals surface area contributed by atoms with Crippen molar-refractivity contribution in [1.82, 2.24) is 10.6 Å². The van der Waals surface area contributed by atoms with Crippen molar-refractivity contribution >= 4 is 17.6 Å². The van der Waals surface area contributed by atoms with Crippen molar-refractivity contribution in [1.29, 1.82) is 0 Å². The van der Waals surface area contributed by atoms with Gasteiger partial charge in [0.1, 0.15) is 5.75 Å². The normalized spacial score (nSPS) is 14.1. The summed E-state index contributed by atoms with van der Waals surface area (Å²) in [5.41, 5.74) is 0.135. The van der Waals surface area contributed by atoms with Gasteiger partial charge in [-0.05, 0) is 25.0 Å². The minimum absolute atomic E-state index is 0.135. The van der Waals surface area contributed by atoms with Gasteiger partial charge in [-0.15, -0.1) is 13.2 Å². The van der Waals surface area contributed by atoms with E-state index in [0.29, 0.717) is 0 Å². The molecule has 1 aliphatic rings. The molecule has 0 saturated heterocycles. The van der Waals surface area contributed by atoms with Gasteiger partial charge in [-0.3, -0.25) is 4.79 Å². The standard InChI is InChI=1S/C13H14F3N3O3/c14-13(15,16)22-10-3-1-2-9(6-10)18-11(20)7-17-12(21)19-8-4-5-8/h1-3,6,8H,4-5,7H2,(H,18,20)(H2,17,19,21). The summed E-state index contributed by atoms with van der Waals surface area (Å²) < 4.78 is 40.0. The molecule has 0 aromatic heterocycles. The summed E-state index contributed by atoms with van der Waals surface area (Å²) in [4.78, 5) is 22.9. The second-order valence-electron chi connectivity index (χ2n) is 4.73. The monoisotopic (exact) mass is 317 g/mol. The molecule has 0 bridgehead atoms. The van der Waals surface area contributed by atoms with Crippen molar-refractivity contribution in [3.8, 4) is 5.75 Å². The van der Waals surface area contributed by atoms with E-state index in [9.17, 15) is 22.8 Å². The number of urea groups is 1. The number of halogens is 3. The summed E-state index contributed by atoms with van der Waals surface area (Å²) in [6.45, 7) is -0.289. The van der Waals surface area contributed by atoms with Gasteiger partial charge in [0.25, 0.3) is 0 Å². The van der Waals surface area contributed by atoms with Gasteiger partial charge in [0.2, 0.25) is 5.91 Å². The molecule has 120 valence electrons. The van der Waals surface area contributed by atoms with E-state index in [0.717, 1.165) is 25.0 Å². The Balaban J connectivity index is 1.80. The third-order valence-electron chi connectivity index (χ3n) is 2.67. The summed E-state index contributed by atoms with van der Waals surface area (Å²) in [7, 11) is 0. The molecule has 0 aliphatic heterocycles. The smallest absolute Gasteiger partial charge is 0.406 e. The lowest BCUT2D eigenvalue weighted by molar-refractivity contribution is -0.274. The van der Waals surface area contributed by atoms with Crippen LogP contribution in [0.15, 0.2) is 24.3 Å². The van der Waals surface area contributed by atoms with E-state index in [4.69, 9.17) is 0 Å². The first-order valence-electron chi connectivity index (χ1n) is 6.52. The zero-order valence-electron chi connectivity index (χ0n) is 11.4. The van der Waals surface area contributed by atoms with Gasteiger partial charge in [0.15, 0.2) is 0 Å². The Morgan fingerprint density at radius 1 is 1.27 bits per heavy atom. The average molecular weight is 317 g/mol. The van der Waals surface area contributed by atoms with E-state index in [1.807, 2.05) is 0 Å². The Morgan fingerprint density at radius 3 is 2.64 bits per heavy atom. The maximum atomic E-state index is 12.1. The number of benzene rings is 1. The number of nitrogens with one attached hydrogen (secondary N) is 3. The molecule has 1 aromatic carbocycles. The fourth-order valence-corrected chi connectivity index (χ4v) is 1.60. The van der Waals surface area contributed by atoms with E-state index in [1.54, 1.807) is 0 Å². The molecular weight excluding hydrogens is 303 g/mol. The van der Waals surface area contributed by atoms with Crippen molar-refractivity contribution in [2.75, 3.05) is 11.9 Å². The predicted molar refractivity (Wildman–Crippen MR) is 71.3 cm³/mol. The van der Waals surface area contributed by atoms with Crippen molar-refractivity contribution in [3.05, 3.63) is 24.3 Å². The van der Waals surface area contributed by atoms with Crippen LogP contribution in [0.1, 0.15) is 12.8 Å². The molecule has 3 amide bonds. The molecule has 9 heteroatoms. The second-order valence-corrected chi connectivity index (χ2v) is 4.73. The third-order valence-corrected chi connectivity index (χ3v) is 2.67. The first kappa shape index (κ1) is 15.9. The van der Waals surface area contributed by atoms with Crippen LogP contribution >= 0.6 is 0 Å². The number of anilines is 1. The number of ether oxygens (including phenoxy) is 1. The molecule has 0 radical (unpaired) electrons. The predicted octanol–water partition coefficient (Wildman–Crippen LogP) is 1.99. The molecule has 0 atom stereocenters. The van der Waals surface area contributed by atoms with E-state index < -0.39 is 24.1 Å². The van der Waals surface area contributed by atoms with Crippen LogP contribution in [-0.4, -0.2) is 30.9 Å². The summed E-state index contributed by atoms with van der Waals surface area (Å²) in [6, 6.07) is 4.58. The quantitative estimate of drug-likeness (QED) is 0.777. The molecule has 0 unspecified atom stereocenters. The summed E-state index contributed by atoms with van der Waals surface area (Å²) in [5.74, 6) is -1.00. The maximum Gasteiger partial charge on any atom is 0.573 e. The zero-order valence-corrected chi connectivity index (χ0v) is 11.4. The van der Waals surface area contributed by atoms with Crippen molar-refractivity contribution in [3.63, 3.8) is 0 Å². The molecule has 1 saturated carbocycles. The van der Waals surface area contributed by atoms with Crippen LogP contribution < -0.4 is 20.7 Å². The summed E-state index contributed by atoms with van der Waals surface area (Å²) in [6.07, 6.45) is -2.96. The molecule has 6 nitrogen and oxygen atoms in total. The molecule has 3 N–H and O–H groups in total. The van der Waals surface area contributed by atoms with Gasteiger partial charge in [-0.25, -0.2) is 4.79 Å². The van der Waals surface area contributed by atoms with Crippen LogP contribution in [0.2, 0.25) is 0 Å². The highest BCUT2D eigenvalue weighted by Crippen LogP contribution is 2.24. The Bertz CT molecular complexity index is 559. The van der Waals surface area contributed by atoms with Crippen molar-refractivity contribution < 1.29 is 27.5 Å². The molecule has 0 spiro atoms. The highest BCUT2D eigenvalue weighted by atomic mass is 19.4. The molecule has 1 fully saturated rings. The Labute approximate surface area is 124 Å². The topological polar surface area (TPSA) is 79.5 Å². The van der Waals surface area contributed by atoms with Crippen LogP contribution in [0.25, 0.3) is 0 Å². The lowest BCUT2D eigenvalue weighted by Crippen LogP contribution is -2.40. The number of hydrogen-bond acceptors (Lipinski definition) is 3. The number of hydrogen-bond donors (Lipinski definition) is 3. The van der Waals surface area contributed by atoms with E-state index in [2.05, 4.69) is 20.7 Å². The maximum absolute atomic E-state index is 12.1. The second kappa shape index (κ2) is 6.54. The zero-order chi connectivity index (χ0) is 16.2. The summed E-state index contributed by atoms with van der Waals surface area (Å²) in [5, 5.41) is 7.35. The Morgan fingerprint density at radius 2 is 2.00 bits per heavy atom. The van der Waals surface area contributed by atoms with Gasteiger partial charge in [0.05, 0.1) is 6.54 Å². The minimum atomic E-state index is -4.80. The number of rotatable bonds is 5. The minimum Gasteiger partial charge on any atom is -0.406 e. The van der Waals surface area contributed by atoms with E-state index in [-0.39, 0.29) is 18.3 Å². The molecule has 0 heterocycles. The molecular formula is C13H14F3N3O3. The molecule has 2 rings (SSSR count). The molecule has 1 aromatic rings. The number of carbonyl (C=O) groups excluding carboxylic acids is 2. The van der Waals surface area contributed by atoms with E-state index >= 15 is 0 Å². The molecule has 22 heavy (non-hydrogen) atoms. The van der Waals surface area contributed by atoms with Crippen LogP contribution in [0.4, 0.5) is 23.7 Å². The Kier molecular flexibility index (Phi) is 4.74. The lowest BCUT2D eigenvalue weighted by Gasteiger charge is -2.11. The Hall–Kier alpha value is -2.45. The van der Waals surface area contributed by atoms with Crippen molar-refractivity contribution in [2.45, 2.75) is 25.2 Å². The van der Waals surface area contributed by atoms with Crippen LogP contribution in [0.5, 0.6) is 5.75 Å². The highest BCUT2D eigenvalue weighted by molar-refractivity contribution is 5.94. The van der Waals surface area contributed by atoms with Gasteiger partial charge in [0, 0.05) is 17.8 Å². The van der Waals surface area contributed by atoms with Gasteiger partial charge in [-0.1, -0.05) is 6.07 Å². The van der Waals surface area contributed by atoms with Crippen LogP contribution in [0.3, 0.4) is 0 Å². The van der Waals surface area contributed by atoms with Crippen molar-refractivity contribution in [2.24, 2.45) is 0 Å². The first-order valence-corrected chi connectivity index (χ1v) is 6.52. The van der Waals surface area contributed by atoms with Crippen LogP contribution in [-0.2, 0) is 4.79 Å². The molecule has 1 aliphatic carbocycles. The van der Waals surface area contributed by atoms with Crippen LogP contribution in [0, 0.1) is 0 Å². The van der Waals surface area contributed by atoms with Gasteiger partial charge < -0.3 is 20.7 Å². The van der Waals surface area contributed by atoms with E-state index in [1.165, 1.54) is 12.1 Å². The summed E-state index contributed by atoms with van der Waals surface area (Å²) >= 11 is 0. The number of carbonyl (C=O) groups is 2. The lowest BCUT2D eigenvalue weighted by atomic mass is 10.3. The number of amides is 3. The first-order chi connectivity index (χ1) is 10.3. The SMILES string of the molecule is O=C(CNC(=O)NC1CC1)Nc1cccc(OC(F)(F)F)c1. The largest absolute Gasteiger partial charge is 0.573 e. The average Bonchev–Trinajstić information content (AvgIpc) is 3.18.